The van der Waals surface area contributed by atoms with E-state index in [2.05, 4.69) is 27.8 Å². The summed E-state index contributed by atoms with van der Waals surface area (Å²) in [4.78, 5) is 4.27. The second kappa shape index (κ2) is 12.5. The van der Waals surface area contributed by atoms with Gasteiger partial charge in [-0.15, -0.1) is 23.2 Å². The summed E-state index contributed by atoms with van der Waals surface area (Å²) in [5, 5.41) is 10.4. The highest BCUT2D eigenvalue weighted by Crippen LogP contribution is 2.45. The number of anilines is 2. The van der Waals surface area contributed by atoms with Crippen LogP contribution in [0.4, 0.5) is 20.2 Å². The first-order valence-corrected chi connectivity index (χ1v) is 14.9. The monoisotopic (exact) mass is 559 g/mol. The Balaban J connectivity index is 1.34. The molecule has 1 aliphatic carbocycles. The second-order valence-electron chi connectivity index (χ2n) is 11.1. The quantitative estimate of drug-likeness (QED) is 0.336. The molecule has 0 aromatic heterocycles. The third-order valence-electron chi connectivity index (χ3n) is 8.78. The number of hydrogen-bond donors (Lipinski definition) is 3. The van der Waals surface area contributed by atoms with Crippen LogP contribution >= 0.6 is 23.2 Å². The Bertz CT molecular complexity index is 885. The zero-order chi connectivity index (χ0) is 25.9. The van der Waals surface area contributed by atoms with Gasteiger partial charge in [-0.1, -0.05) is 6.92 Å². The van der Waals surface area contributed by atoms with Crippen molar-refractivity contribution in [1.82, 2.24) is 15.5 Å². The van der Waals surface area contributed by atoms with Crippen LogP contribution in [0.5, 0.6) is 0 Å². The summed E-state index contributed by atoms with van der Waals surface area (Å²) >= 11 is 13.3. The number of alkyl halides is 2. The summed E-state index contributed by atoms with van der Waals surface area (Å²) in [7, 11) is 0. The summed E-state index contributed by atoms with van der Waals surface area (Å²) in [5.74, 6) is -0.456. The van der Waals surface area contributed by atoms with Crippen molar-refractivity contribution < 1.29 is 13.5 Å². The van der Waals surface area contributed by atoms with Gasteiger partial charge in [0.15, 0.2) is 11.6 Å². The largest absolute Gasteiger partial charge is 0.384 e. The Labute approximate surface area is 229 Å². The van der Waals surface area contributed by atoms with E-state index in [-0.39, 0.29) is 34.6 Å². The van der Waals surface area contributed by atoms with Crippen molar-refractivity contribution in [1.29, 1.82) is 0 Å². The molecule has 4 fully saturated rings. The van der Waals surface area contributed by atoms with Crippen molar-refractivity contribution in [3.05, 3.63) is 23.8 Å². The molecule has 3 saturated heterocycles. The predicted molar refractivity (Wildman–Crippen MR) is 147 cm³/mol. The van der Waals surface area contributed by atoms with Crippen LogP contribution in [0.15, 0.2) is 12.1 Å². The topological polar surface area (TPSA) is 51.8 Å². The van der Waals surface area contributed by atoms with Crippen molar-refractivity contribution >= 4 is 34.6 Å². The lowest BCUT2D eigenvalue weighted by atomic mass is 9.72. The molecule has 4 aliphatic rings. The van der Waals surface area contributed by atoms with Crippen molar-refractivity contribution in [3.63, 3.8) is 0 Å². The van der Waals surface area contributed by atoms with E-state index in [1.807, 2.05) is 4.90 Å². The molecule has 5 rings (SSSR count). The molecule has 1 aromatic rings. The highest BCUT2D eigenvalue weighted by molar-refractivity contribution is 6.21. The molecule has 1 saturated carbocycles. The molecule has 37 heavy (non-hydrogen) atoms. The summed E-state index contributed by atoms with van der Waals surface area (Å²) < 4.78 is 36.8. The average molecular weight is 561 g/mol. The van der Waals surface area contributed by atoms with Gasteiger partial charge in [-0.25, -0.2) is 8.78 Å². The van der Waals surface area contributed by atoms with Gasteiger partial charge in [0, 0.05) is 61.4 Å². The zero-order valence-electron chi connectivity index (χ0n) is 21.7. The van der Waals surface area contributed by atoms with Crippen LogP contribution in [0.1, 0.15) is 45.4 Å². The van der Waals surface area contributed by atoms with Gasteiger partial charge in [-0.05, 0) is 69.0 Å². The van der Waals surface area contributed by atoms with Gasteiger partial charge < -0.3 is 20.3 Å². The fraction of sp³-hybridized carbons (Fsp3) is 0.778. The van der Waals surface area contributed by atoms with Crippen LogP contribution in [-0.4, -0.2) is 80.0 Å². The Hall–Kier alpha value is -0.900. The third kappa shape index (κ3) is 6.30. The number of ether oxygens (including phenoxy) is 1. The maximum absolute atomic E-state index is 15.7. The van der Waals surface area contributed by atoms with Gasteiger partial charge in [-0.2, -0.15) is 0 Å². The molecule has 0 bridgehead atoms. The summed E-state index contributed by atoms with van der Waals surface area (Å²) in [5.41, 5.74) is 0.525. The van der Waals surface area contributed by atoms with Gasteiger partial charge in [-0.3, -0.25) is 10.2 Å². The van der Waals surface area contributed by atoms with Gasteiger partial charge in [0.05, 0.1) is 12.8 Å². The first-order chi connectivity index (χ1) is 17.9. The molecule has 10 heteroatoms. The molecule has 6 unspecified atom stereocenters. The van der Waals surface area contributed by atoms with Crippen LogP contribution < -0.4 is 20.9 Å². The minimum atomic E-state index is -0.528. The second-order valence-corrected chi connectivity index (χ2v) is 12.3. The van der Waals surface area contributed by atoms with Crippen LogP contribution in [0, 0.1) is 23.5 Å². The van der Waals surface area contributed by atoms with Gasteiger partial charge in [0.25, 0.3) is 0 Å². The number of nitrogens with zero attached hydrogens (tertiary/aromatic N) is 2. The third-order valence-corrected chi connectivity index (χ3v) is 9.51. The molecular weight excluding hydrogens is 519 g/mol. The normalized spacial score (nSPS) is 33.5. The molecule has 3 N–H and O–H groups in total. The fourth-order valence-corrected chi connectivity index (χ4v) is 7.55. The standard InChI is InChI=1S/C27H41Cl2F2N5O/c1-2-35-16-36(25-12-17(28)3-4-21(25)22-11-18(29)15-34-27(22)35)26-23(30)13-20(14-24(26)31)33-8-7-32-19-5-9-37-10-6-19/h13-14,17-19,21-22,25,27,32-34H,2-12,15-16H2,1H3. The molecule has 0 amide bonds. The highest BCUT2D eigenvalue weighted by atomic mass is 35.5. The van der Waals surface area contributed by atoms with Crippen molar-refractivity contribution in [2.45, 2.75) is 74.5 Å². The van der Waals surface area contributed by atoms with Gasteiger partial charge >= 0.3 is 0 Å². The van der Waals surface area contributed by atoms with Crippen LogP contribution in [0.3, 0.4) is 0 Å². The number of hydrogen-bond acceptors (Lipinski definition) is 6. The first kappa shape index (κ1) is 27.7. The van der Waals surface area contributed by atoms with Crippen LogP contribution in [-0.2, 0) is 4.74 Å². The smallest absolute Gasteiger partial charge is 0.151 e. The number of benzene rings is 1. The van der Waals surface area contributed by atoms with E-state index in [9.17, 15) is 0 Å². The first-order valence-electron chi connectivity index (χ1n) is 14.0. The lowest BCUT2D eigenvalue weighted by Gasteiger charge is -2.45. The average Bonchev–Trinajstić information content (AvgIpc) is 3.01. The Morgan fingerprint density at radius 2 is 1.76 bits per heavy atom. The van der Waals surface area contributed by atoms with Crippen LogP contribution in [0.25, 0.3) is 0 Å². The van der Waals surface area contributed by atoms with Gasteiger partial charge in [0.1, 0.15) is 5.69 Å². The minimum Gasteiger partial charge on any atom is -0.384 e. The van der Waals surface area contributed by atoms with Crippen molar-refractivity contribution in [3.8, 4) is 0 Å². The Morgan fingerprint density at radius 3 is 2.49 bits per heavy atom. The summed E-state index contributed by atoms with van der Waals surface area (Å²) in [6.45, 7) is 6.99. The van der Waals surface area contributed by atoms with E-state index in [1.165, 1.54) is 12.1 Å². The molecule has 6 nitrogen and oxygen atoms in total. The number of piperidine rings is 1. The van der Waals surface area contributed by atoms with E-state index < -0.39 is 11.6 Å². The van der Waals surface area contributed by atoms with E-state index in [0.717, 1.165) is 71.4 Å². The Morgan fingerprint density at radius 1 is 1.00 bits per heavy atom. The molecule has 208 valence electrons. The maximum Gasteiger partial charge on any atom is 0.151 e. The fourth-order valence-electron chi connectivity index (χ4n) is 6.94. The molecule has 3 heterocycles. The summed E-state index contributed by atoms with van der Waals surface area (Å²) in [6.07, 6.45) is 5.65. The van der Waals surface area contributed by atoms with Crippen LogP contribution in [0.2, 0.25) is 0 Å². The molecular formula is C27H41Cl2F2N5O. The van der Waals surface area contributed by atoms with E-state index >= 15 is 8.78 Å². The van der Waals surface area contributed by atoms with Gasteiger partial charge in [0.2, 0.25) is 0 Å². The number of fused-ring (bicyclic) bond motifs is 3. The van der Waals surface area contributed by atoms with Crippen molar-refractivity contribution in [2.24, 2.45) is 11.8 Å². The van der Waals surface area contributed by atoms with E-state index in [0.29, 0.717) is 30.9 Å². The highest BCUT2D eigenvalue weighted by Gasteiger charge is 2.48. The zero-order valence-corrected chi connectivity index (χ0v) is 23.2. The summed E-state index contributed by atoms with van der Waals surface area (Å²) in [6, 6.07) is 3.28. The number of nitrogens with one attached hydrogen (secondary N) is 3. The van der Waals surface area contributed by atoms with Crippen molar-refractivity contribution in [2.75, 3.05) is 56.3 Å². The molecule has 6 atom stereocenters. The molecule has 3 aliphatic heterocycles. The minimum absolute atomic E-state index is 0.00835. The molecule has 0 spiro atoms. The SMILES string of the molecule is CCN1CN(c2c(F)cc(NCCNC3CCOCC3)cc2F)C2CC(Cl)CCC2C2CC(Cl)CNC21. The Kier molecular flexibility index (Phi) is 9.36. The maximum atomic E-state index is 15.7. The van der Waals surface area contributed by atoms with E-state index in [1.54, 1.807) is 0 Å². The molecule has 0 radical (unpaired) electrons. The lowest BCUT2D eigenvalue weighted by molar-refractivity contribution is 0.0696. The predicted octanol–water partition coefficient (Wildman–Crippen LogP) is 4.56. The number of halogens is 4. The molecule has 1 aromatic carbocycles. The number of rotatable bonds is 7. The van der Waals surface area contributed by atoms with E-state index in [4.69, 9.17) is 27.9 Å². The lowest BCUT2D eigenvalue weighted by Crippen LogP contribution is -2.57.